The monoisotopic (exact) mass is 331 g/mol. The summed E-state index contributed by atoms with van der Waals surface area (Å²) in [4.78, 5) is 36.8. The molecule has 0 saturated carbocycles. The lowest BCUT2D eigenvalue weighted by Gasteiger charge is -2.20. The first-order valence-electron chi connectivity index (χ1n) is 8.50. The summed E-state index contributed by atoms with van der Waals surface area (Å²) in [6.45, 7) is 3.50. The molecule has 1 saturated heterocycles. The van der Waals surface area contributed by atoms with E-state index in [1.165, 1.54) is 6.92 Å². The van der Waals surface area contributed by atoms with Gasteiger partial charge in [-0.2, -0.15) is 0 Å². The van der Waals surface area contributed by atoms with Gasteiger partial charge in [-0.1, -0.05) is 6.42 Å². The van der Waals surface area contributed by atoms with Crippen LogP contribution in [0, 0.1) is 0 Å². The summed E-state index contributed by atoms with van der Waals surface area (Å²) < 4.78 is 0. The van der Waals surface area contributed by atoms with Crippen molar-refractivity contribution >= 4 is 23.4 Å². The maximum absolute atomic E-state index is 12.1. The van der Waals surface area contributed by atoms with Gasteiger partial charge < -0.3 is 15.5 Å². The third-order valence-corrected chi connectivity index (χ3v) is 4.03. The van der Waals surface area contributed by atoms with E-state index >= 15 is 0 Å². The molecule has 1 heterocycles. The van der Waals surface area contributed by atoms with Crippen LogP contribution >= 0.6 is 0 Å². The standard InChI is InChI=1S/C18H25N3O3/c1-14(22)20-16-9-7-15(8-10-16)18(24)19-11-5-13-21-12-4-2-3-6-17(21)23/h7-10H,2-6,11-13H2,1H3,(H,19,24)(H,20,22). The quantitative estimate of drug-likeness (QED) is 0.784. The third kappa shape index (κ3) is 5.68. The van der Waals surface area contributed by atoms with Crippen molar-refractivity contribution in [1.82, 2.24) is 10.2 Å². The molecule has 6 heteroatoms. The molecule has 0 aliphatic carbocycles. The maximum atomic E-state index is 12.1. The van der Waals surface area contributed by atoms with Crippen molar-refractivity contribution < 1.29 is 14.4 Å². The van der Waals surface area contributed by atoms with Crippen molar-refractivity contribution in [3.8, 4) is 0 Å². The molecule has 1 aliphatic rings. The molecule has 130 valence electrons. The Kier molecular flexibility index (Phi) is 6.78. The zero-order valence-corrected chi connectivity index (χ0v) is 14.1. The normalized spacial score (nSPS) is 14.9. The number of hydrogen-bond donors (Lipinski definition) is 2. The van der Waals surface area contributed by atoms with Gasteiger partial charge in [0.2, 0.25) is 11.8 Å². The summed E-state index contributed by atoms with van der Waals surface area (Å²) in [6, 6.07) is 6.76. The van der Waals surface area contributed by atoms with Gasteiger partial charge in [0.25, 0.3) is 5.91 Å². The van der Waals surface area contributed by atoms with E-state index in [4.69, 9.17) is 0 Å². The number of rotatable bonds is 6. The highest BCUT2D eigenvalue weighted by Crippen LogP contribution is 2.11. The minimum Gasteiger partial charge on any atom is -0.352 e. The van der Waals surface area contributed by atoms with Crippen molar-refractivity contribution in [3.63, 3.8) is 0 Å². The van der Waals surface area contributed by atoms with E-state index in [0.29, 0.717) is 30.8 Å². The van der Waals surface area contributed by atoms with Crippen LogP contribution in [0.15, 0.2) is 24.3 Å². The molecule has 0 unspecified atom stereocenters. The second kappa shape index (κ2) is 9.05. The molecule has 0 spiro atoms. The molecular formula is C18H25N3O3. The van der Waals surface area contributed by atoms with Gasteiger partial charge in [0, 0.05) is 44.2 Å². The van der Waals surface area contributed by atoms with Crippen molar-refractivity contribution in [2.24, 2.45) is 0 Å². The fourth-order valence-electron chi connectivity index (χ4n) is 2.76. The van der Waals surface area contributed by atoms with Gasteiger partial charge in [-0.25, -0.2) is 0 Å². The predicted octanol–water partition coefficient (Wildman–Crippen LogP) is 2.17. The number of carbonyl (C=O) groups excluding carboxylic acids is 3. The molecule has 24 heavy (non-hydrogen) atoms. The van der Waals surface area contributed by atoms with Gasteiger partial charge >= 0.3 is 0 Å². The second-order valence-electron chi connectivity index (χ2n) is 6.06. The van der Waals surface area contributed by atoms with E-state index in [-0.39, 0.29) is 17.7 Å². The smallest absolute Gasteiger partial charge is 0.251 e. The van der Waals surface area contributed by atoms with Crippen LogP contribution in [-0.2, 0) is 9.59 Å². The number of amides is 3. The minimum atomic E-state index is -0.147. The van der Waals surface area contributed by atoms with E-state index in [0.717, 1.165) is 32.2 Å². The van der Waals surface area contributed by atoms with Crippen molar-refractivity contribution in [3.05, 3.63) is 29.8 Å². The van der Waals surface area contributed by atoms with Crippen LogP contribution in [0.2, 0.25) is 0 Å². The highest BCUT2D eigenvalue weighted by Gasteiger charge is 2.15. The van der Waals surface area contributed by atoms with E-state index < -0.39 is 0 Å². The average molecular weight is 331 g/mol. The number of nitrogens with one attached hydrogen (secondary N) is 2. The van der Waals surface area contributed by atoms with Gasteiger partial charge in [-0.3, -0.25) is 14.4 Å². The van der Waals surface area contributed by atoms with Crippen molar-refractivity contribution in [2.45, 2.75) is 39.0 Å². The molecule has 1 aromatic carbocycles. The molecule has 2 N–H and O–H groups in total. The molecule has 1 aromatic rings. The van der Waals surface area contributed by atoms with E-state index in [2.05, 4.69) is 10.6 Å². The first-order valence-corrected chi connectivity index (χ1v) is 8.50. The number of anilines is 1. The van der Waals surface area contributed by atoms with E-state index in [1.54, 1.807) is 24.3 Å². The Morgan fingerprint density at radius 3 is 2.58 bits per heavy atom. The van der Waals surface area contributed by atoms with Crippen LogP contribution in [0.1, 0.15) is 49.4 Å². The zero-order valence-electron chi connectivity index (χ0n) is 14.1. The molecule has 0 atom stereocenters. The van der Waals surface area contributed by atoms with Gasteiger partial charge in [-0.05, 0) is 43.5 Å². The fraction of sp³-hybridized carbons (Fsp3) is 0.500. The van der Waals surface area contributed by atoms with Crippen LogP contribution in [0.5, 0.6) is 0 Å². The van der Waals surface area contributed by atoms with Crippen LogP contribution in [0.3, 0.4) is 0 Å². The summed E-state index contributed by atoms with van der Waals surface area (Å²) in [5.41, 5.74) is 1.22. The largest absolute Gasteiger partial charge is 0.352 e. The minimum absolute atomic E-state index is 0.143. The molecular weight excluding hydrogens is 306 g/mol. The first-order chi connectivity index (χ1) is 11.6. The van der Waals surface area contributed by atoms with Crippen LogP contribution < -0.4 is 10.6 Å². The number of benzene rings is 1. The Bertz CT molecular complexity index is 584. The first kappa shape index (κ1) is 18.0. The Morgan fingerprint density at radius 1 is 1.12 bits per heavy atom. The Labute approximate surface area is 142 Å². The lowest BCUT2D eigenvalue weighted by molar-refractivity contribution is -0.130. The Hall–Kier alpha value is -2.37. The second-order valence-corrected chi connectivity index (χ2v) is 6.06. The van der Waals surface area contributed by atoms with Crippen LogP contribution in [-0.4, -0.2) is 42.3 Å². The zero-order chi connectivity index (χ0) is 17.4. The van der Waals surface area contributed by atoms with Gasteiger partial charge in [0.1, 0.15) is 0 Å². The molecule has 3 amide bonds. The number of nitrogens with zero attached hydrogens (tertiary/aromatic N) is 1. The molecule has 6 nitrogen and oxygen atoms in total. The molecule has 2 rings (SSSR count). The van der Waals surface area contributed by atoms with Crippen LogP contribution in [0.25, 0.3) is 0 Å². The molecule has 1 fully saturated rings. The molecule has 0 aromatic heterocycles. The summed E-state index contributed by atoms with van der Waals surface area (Å²) in [5, 5.41) is 5.53. The number of hydrogen-bond acceptors (Lipinski definition) is 3. The van der Waals surface area contributed by atoms with E-state index in [9.17, 15) is 14.4 Å². The van der Waals surface area contributed by atoms with Gasteiger partial charge in [0.15, 0.2) is 0 Å². The highest BCUT2D eigenvalue weighted by atomic mass is 16.2. The van der Waals surface area contributed by atoms with Crippen molar-refractivity contribution in [1.29, 1.82) is 0 Å². The SMILES string of the molecule is CC(=O)Nc1ccc(C(=O)NCCCN2CCCCCC2=O)cc1. The predicted molar refractivity (Wildman–Crippen MR) is 92.7 cm³/mol. The molecule has 0 radical (unpaired) electrons. The van der Waals surface area contributed by atoms with Crippen molar-refractivity contribution in [2.75, 3.05) is 25.0 Å². The Balaban J connectivity index is 1.72. The van der Waals surface area contributed by atoms with Gasteiger partial charge in [0.05, 0.1) is 0 Å². The van der Waals surface area contributed by atoms with Crippen LogP contribution in [0.4, 0.5) is 5.69 Å². The number of carbonyl (C=O) groups is 3. The summed E-state index contributed by atoms with van der Waals surface area (Å²) in [7, 11) is 0. The van der Waals surface area contributed by atoms with E-state index in [1.807, 2.05) is 4.90 Å². The lowest BCUT2D eigenvalue weighted by atomic mass is 10.2. The highest BCUT2D eigenvalue weighted by molar-refractivity contribution is 5.95. The molecule has 1 aliphatic heterocycles. The topological polar surface area (TPSA) is 78.5 Å². The summed E-state index contributed by atoms with van der Waals surface area (Å²) in [5.74, 6) is -0.0609. The number of likely N-dealkylation sites (tertiary alicyclic amines) is 1. The third-order valence-electron chi connectivity index (χ3n) is 4.03. The Morgan fingerprint density at radius 2 is 1.88 bits per heavy atom. The average Bonchev–Trinajstić information content (AvgIpc) is 2.76. The summed E-state index contributed by atoms with van der Waals surface area (Å²) >= 11 is 0. The maximum Gasteiger partial charge on any atom is 0.251 e. The fourth-order valence-corrected chi connectivity index (χ4v) is 2.76. The lowest BCUT2D eigenvalue weighted by Crippen LogP contribution is -2.34. The summed E-state index contributed by atoms with van der Waals surface area (Å²) in [6.07, 6.45) is 4.57. The van der Waals surface area contributed by atoms with Gasteiger partial charge in [-0.15, -0.1) is 0 Å². The molecule has 0 bridgehead atoms.